The Kier molecular flexibility index (Phi) is 6.66. The summed E-state index contributed by atoms with van der Waals surface area (Å²) in [6.45, 7) is 7.58. The lowest BCUT2D eigenvalue weighted by Gasteiger charge is -2.35. The second kappa shape index (κ2) is 9.53. The number of hydrogen-bond acceptors (Lipinski definition) is 7. The Bertz CT molecular complexity index is 1380. The van der Waals surface area contributed by atoms with Crippen LogP contribution in [-0.4, -0.2) is 62.6 Å². The average molecular weight is 499 g/mol. The number of carboxylic acids is 1. The van der Waals surface area contributed by atoms with E-state index < -0.39 is 5.97 Å². The van der Waals surface area contributed by atoms with Gasteiger partial charge in [0.05, 0.1) is 22.6 Å². The van der Waals surface area contributed by atoms with E-state index in [1.54, 1.807) is 29.5 Å². The molecule has 1 fully saturated rings. The largest absolute Gasteiger partial charge is 0.476 e. The summed E-state index contributed by atoms with van der Waals surface area (Å²) in [6, 6.07) is 6.45. The molecule has 1 aliphatic rings. The number of anilines is 2. The first-order valence-corrected chi connectivity index (χ1v) is 11.6. The highest BCUT2D eigenvalue weighted by Gasteiger charge is 2.24. The number of nitrogens with one attached hydrogen (secondary N) is 1. The Morgan fingerprint density at radius 1 is 1.14 bits per heavy atom. The molecule has 0 spiro atoms. The smallest absolute Gasteiger partial charge is 0.356 e. The average Bonchev–Trinajstić information content (AvgIpc) is 2.82. The van der Waals surface area contributed by atoms with Gasteiger partial charge in [0.25, 0.3) is 5.56 Å². The summed E-state index contributed by atoms with van der Waals surface area (Å²) >= 11 is 5.89. The minimum absolute atomic E-state index is 0.0279. The second-order valence-electron chi connectivity index (χ2n) is 8.72. The van der Waals surface area contributed by atoms with Crippen molar-refractivity contribution in [2.24, 2.45) is 7.05 Å². The molecule has 0 saturated carbocycles. The Morgan fingerprint density at radius 3 is 2.46 bits per heavy atom. The van der Waals surface area contributed by atoms with Gasteiger partial charge in [-0.15, -0.1) is 0 Å². The molecule has 0 aliphatic carbocycles. The molecule has 1 saturated heterocycles. The van der Waals surface area contributed by atoms with Gasteiger partial charge in [-0.1, -0.05) is 17.7 Å². The number of pyridine rings is 1. The van der Waals surface area contributed by atoms with E-state index in [1.165, 1.54) is 6.07 Å². The van der Waals surface area contributed by atoms with E-state index in [-0.39, 0.29) is 28.4 Å². The number of halogens is 1. The van der Waals surface area contributed by atoms with E-state index in [4.69, 9.17) is 16.6 Å². The fourth-order valence-electron chi connectivity index (χ4n) is 4.40. The number of piperazine rings is 1. The predicted octanol–water partition coefficient (Wildman–Crippen LogP) is 2.83. The first kappa shape index (κ1) is 24.5. The molecule has 0 radical (unpaired) electrons. The van der Waals surface area contributed by atoms with Crippen molar-refractivity contribution in [3.63, 3.8) is 0 Å². The molecule has 35 heavy (non-hydrogen) atoms. The van der Waals surface area contributed by atoms with Gasteiger partial charge in [-0.05, 0) is 37.6 Å². The van der Waals surface area contributed by atoms with Gasteiger partial charge in [-0.25, -0.2) is 14.8 Å². The van der Waals surface area contributed by atoms with Gasteiger partial charge in [-0.3, -0.25) is 14.2 Å². The topological polar surface area (TPSA) is 121 Å². The van der Waals surface area contributed by atoms with Crippen LogP contribution in [0, 0.1) is 6.92 Å². The summed E-state index contributed by atoms with van der Waals surface area (Å²) < 4.78 is 1.54. The van der Waals surface area contributed by atoms with Gasteiger partial charge in [0, 0.05) is 45.7 Å². The summed E-state index contributed by atoms with van der Waals surface area (Å²) in [5.41, 5.74) is 2.14. The van der Waals surface area contributed by atoms with Crippen molar-refractivity contribution in [3.05, 3.63) is 56.6 Å². The molecule has 1 amide bonds. The summed E-state index contributed by atoms with van der Waals surface area (Å²) in [4.78, 5) is 49.3. The molecule has 1 aromatic carbocycles. The van der Waals surface area contributed by atoms with Gasteiger partial charge in [0.1, 0.15) is 5.15 Å². The van der Waals surface area contributed by atoms with Crippen LogP contribution in [0.5, 0.6) is 0 Å². The zero-order chi connectivity index (χ0) is 25.4. The lowest BCUT2D eigenvalue weighted by Crippen LogP contribution is -2.49. The lowest BCUT2D eigenvalue weighted by atomic mass is 10.0. The van der Waals surface area contributed by atoms with E-state index in [1.807, 2.05) is 30.9 Å². The first-order chi connectivity index (χ1) is 16.6. The Morgan fingerprint density at radius 2 is 1.83 bits per heavy atom. The number of amides is 1. The molecule has 3 heterocycles. The van der Waals surface area contributed by atoms with Gasteiger partial charge < -0.3 is 20.2 Å². The van der Waals surface area contributed by atoms with Gasteiger partial charge in [0.15, 0.2) is 5.69 Å². The number of hydrogen-bond donors (Lipinski definition) is 2. The van der Waals surface area contributed by atoms with Crippen LogP contribution in [0.2, 0.25) is 5.15 Å². The van der Waals surface area contributed by atoms with Crippen LogP contribution < -0.4 is 15.8 Å². The Balaban J connectivity index is 1.77. The fraction of sp³-hybridized carbons (Fsp3) is 0.375. The van der Waals surface area contributed by atoms with Crippen molar-refractivity contribution in [1.82, 2.24) is 19.4 Å². The molecular weight excluding hydrogens is 472 g/mol. The molecule has 1 atom stereocenters. The third kappa shape index (κ3) is 4.79. The van der Waals surface area contributed by atoms with E-state index in [2.05, 4.69) is 10.3 Å². The minimum Gasteiger partial charge on any atom is -0.476 e. The maximum atomic E-state index is 13.3. The lowest BCUT2D eigenvalue weighted by molar-refractivity contribution is -0.129. The first-order valence-electron chi connectivity index (χ1n) is 11.2. The molecule has 0 bridgehead atoms. The van der Waals surface area contributed by atoms with Crippen molar-refractivity contribution in [1.29, 1.82) is 0 Å². The van der Waals surface area contributed by atoms with E-state index in [0.717, 1.165) is 11.1 Å². The van der Waals surface area contributed by atoms with Crippen molar-refractivity contribution < 1.29 is 14.7 Å². The third-order valence-electron chi connectivity index (χ3n) is 6.24. The maximum Gasteiger partial charge on any atom is 0.356 e. The van der Waals surface area contributed by atoms with Crippen LogP contribution in [0.15, 0.2) is 29.1 Å². The number of carboxylic acid groups (broad SMARTS) is 1. The quantitative estimate of drug-likeness (QED) is 0.515. The summed E-state index contributed by atoms with van der Waals surface area (Å²) in [7, 11) is 1.70. The molecule has 4 rings (SSSR count). The number of aryl methyl sites for hydroxylation is 1. The van der Waals surface area contributed by atoms with Crippen LogP contribution in [0.25, 0.3) is 10.9 Å². The molecule has 3 aromatic rings. The number of carbonyl (C=O) groups excluding carboxylic acids is 1. The highest BCUT2D eigenvalue weighted by Crippen LogP contribution is 2.29. The summed E-state index contributed by atoms with van der Waals surface area (Å²) in [5, 5.41) is 13.3. The normalized spacial score (nSPS) is 14.8. The Labute approximate surface area is 207 Å². The van der Waals surface area contributed by atoms with Crippen molar-refractivity contribution >= 4 is 46.0 Å². The molecule has 2 aromatic heterocycles. The van der Waals surface area contributed by atoms with Crippen LogP contribution in [0.4, 0.5) is 11.6 Å². The highest BCUT2D eigenvalue weighted by atomic mass is 35.5. The molecule has 11 heteroatoms. The van der Waals surface area contributed by atoms with Gasteiger partial charge >= 0.3 is 5.97 Å². The predicted molar refractivity (Wildman–Crippen MR) is 134 cm³/mol. The standard InChI is InChI=1S/C24H27ClN6O4/c1-13-11-16(14(2)26-18-5-6-19(25)27-21(18)23(34)35)20-17(12-13)22(33)29(4)24(28-20)31-9-7-30(8-10-31)15(3)32/h5-6,11-12,14,26H,7-10H2,1-4H3,(H,34,35)/t14-/m0/s1. The van der Waals surface area contributed by atoms with Crippen LogP contribution in [0.1, 0.15) is 41.5 Å². The van der Waals surface area contributed by atoms with Crippen LogP contribution in [0.3, 0.4) is 0 Å². The van der Waals surface area contributed by atoms with Crippen molar-refractivity contribution in [3.8, 4) is 0 Å². The maximum absolute atomic E-state index is 13.3. The number of aromatic carboxylic acids is 1. The molecular formula is C24H27ClN6O4. The number of rotatable bonds is 5. The van der Waals surface area contributed by atoms with E-state index >= 15 is 0 Å². The summed E-state index contributed by atoms with van der Waals surface area (Å²) in [6.07, 6.45) is 0. The van der Waals surface area contributed by atoms with Crippen molar-refractivity contribution in [2.45, 2.75) is 26.8 Å². The zero-order valence-electron chi connectivity index (χ0n) is 20.0. The molecule has 10 nitrogen and oxygen atoms in total. The monoisotopic (exact) mass is 498 g/mol. The zero-order valence-corrected chi connectivity index (χ0v) is 20.8. The Hall–Kier alpha value is -3.66. The van der Waals surface area contributed by atoms with Crippen LogP contribution >= 0.6 is 11.6 Å². The van der Waals surface area contributed by atoms with E-state index in [0.29, 0.717) is 48.7 Å². The van der Waals surface area contributed by atoms with Crippen molar-refractivity contribution in [2.75, 3.05) is 36.4 Å². The molecule has 2 N–H and O–H groups in total. The minimum atomic E-state index is -1.20. The number of nitrogens with zero attached hydrogens (tertiary/aromatic N) is 5. The molecule has 1 aliphatic heterocycles. The highest BCUT2D eigenvalue weighted by molar-refractivity contribution is 6.29. The van der Waals surface area contributed by atoms with Crippen LogP contribution in [-0.2, 0) is 11.8 Å². The number of benzene rings is 1. The fourth-order valence-corrected chi connectivity index (χ4v) is 4.55. The number of aromatic nitrogens is 3. The molecule has 0 unspecified atom stereocenters. The second-order valence-corrected chi connectivity index (χ2v) is 9.11. The summed E-state index contributed by atoms with van der Waals surface area (Å²) in [5.74, 6) is -0.641. The number of fused-ring (bicyclic) bond motifs is 1. The van der Waals surface area contributed by atoms with E-state index in [9.17, 15) is 19.5 Å². The van der Waals surface area contributed by atoms with Gasteiger partial charge in [-0.2, -0.15) is 0 Å². The molecule has 184 valence electrons. The SMILES string of the molecule is CC(=O)N1CCN(c2nc3c([C@H](C)Nc4ccc(Cl)nc4C(=O)O)cc(C)cc3c(=O)n2C)CC1. The van der Waals surface area contributed by atoms with Gasteiger partial charge in [0.2, 0.25) is 11.9 Å². The third-order valence-corrected chi connectivity index (χ3v) is 6.45. The number of carbonyl (C=O) groups is 2.